The lowest BCUT2D eigenvalue weighted by Gasteiger charge is -2.28. The minimum Gasteiger partial charge on any atom is -0.486 e. The summed E-state index contributed by atoms with van der Waals surface area (Å²) in [6, 6.07) is 19.5. The van der Waals surface area contributed by atoms with Crippen LogP contribution in [0.1, 0.15) is 16.7 Å². The number of carbonyl (C=O) groups excluding carboxylic acids is 1. The van der Waals surface area contributed by atoms with Crippen molar-refractivity contribution < 1.29 is 22.7 Å². The highest BCUT2D eigenvalue weighted by Gasteiger charge is 2.29. The van der Waals surface area contributed by atoms with Crippen LogP contribution >= 0.6 is 0 Å². The fourth-order valence-electron chi connectivity index (χ4n) is 3.70. The average molecular weight is 481 g/mol. The molecule has 7 nitrogen and oxygen atoms in total. The lowest BCUT2D eigenvalue weighted by atomic mass is 10.1. The number of rotatable bonds is 7. The largest absolute Gasteiger partial charge is 0.486 e. The summed E-state index contributed by atoms with van der Waals surface area (Å²) in [5, 5.41) is 2.80. The number of amides is 1. The van der Waals surface area contributed by atoms with E-state index in [1.165, 1.54) is 4.31 Å². The summed E-state index contributed by atoms with van der Waals surface area (Å²) in [6.07, 6.45) is -0.373. The molecule has 0 aliphatic carbocycles. The number of carbonyl (C=O) groups is 1. The number of benzene rings is 3. The van der Waals surface area contributed by atoms with Crippen LogP contribution in [0.15, 0.2) is 71.6 Å². The Labute approximate surface area is 200 Å². The normalized spacial score (nSPS) is 15.0. The van der Waals surface area contributed by atoms with Crippen LogP contribution in [0.4, 0.5) is 5.69 Å². The van der Waals surface area contributed by atoms with Crippen LogP contribution in [-0.2, 0) is 14.8 Å². The van der Waals surface area contributed by atoms with Crippen LogP contribution in [-0.4, -0.2) is 40.1 Å². The van der Waals surface area contributed by atoms with Gasteiger partial charge in [-0.05, 0) is 62.2 Å². The summed E-state index contributed by atoms with van der Waals surface area (Å²) >= 11 is 0. The lowest BCUT2D eigenvalue weighted by Crippen LogP contribution is -2.45. The first-order valence-electron chi connectivity index (χ1n) is 11.1. The second kappa shape index (κ2) is 9.77. The van der Waals surface area contributed by atoms with Crippen molar-refractivity contribution in [1.29, 1.82) is 0 Å². The van der Waals surface area contributed by atoms with Gasteiger partial charge in [-0.3, -0.25) is 9.10 Å². The molecule has 1 heterocycles. The summed E-state index contributed by atoms with van der Waals surface area (Å²) in [5.74, 6) is 0.848. The average Bonchev–Trinajstić information content (AvgIpc) is 2.83. The molecule has 0 aromatic heterocycles. The maximum absolute atomic E-state index is 13.6. The van der Waals surface area contributed by atoms with E-state index < -0.39 is 15.9 Å². The number of para-hydroxylation sites is 2. The fraction of sp³-hybridized carbons (Fsp3) is 0.269. The molecule has 0 unspecified atom stereocenters. The minimum atomic E-state index is -3.97. The van der Waals surface area contributed by atoms with E-state index in [0.717, 1.165) is 16.7 Å². The molecule has 0 radical (unpaired) electrons. The van der Waals surface area contributed by atoms with Crippen LogP contribution < -0.4 is 19.1 Å². The molecular formula is C26H28N2O5S. The van der Waals surface area contributed by atoms with Crippen molar-refractivity contribution in [3.05, 3.63) is 83.4 Å². The van der Waals surface area contributed by atoms with E-state index in [2.05, 4.69) is 5.32 Å². The minimum absolute atomic E-state index is 0.132. The summed E-state index contributed by atoms with van der Waals surface area (Å²) < 4.78 is 39.9. The summed E-state index contributed by atoms with van der Waals surface area (Å²) in [7, 11) is -3.97. The topological polar surface area (TPSA) is 84.9 Å². The third-order valence-electron chi connectivity index (χ3n) is 5.62. The molecule has 0 bridgehead atoms. The van der Waals surface area contributed by atoms with E-state index >= 15 is 0 Å². The maximum Gasteiger partial charge on any atom is 0.264 e. The van der Waals surface area contributed by atoms with Gasteiger partial charge in [0.2, 0.25) is 5.91 Å². The Kier molecular flexibility index (Phi) is 6.79. The van der Waals surface area contributed by atoms with E-state index in [9.17, 15) is 13.2 Å². The van der Waals surface area contributed by atoms with Crippen LogP contribution in [0.3, 0.4) is 0 Å². The highest BCUT2D eigenvalue weighted by atomic mass is 32.2. The van der Waals surface area contributed by atoms with Crippen molar-refractivity contribution in [2.75, 3.05) is 24.0 Å². The molecule has 1 N–H and O–H groups in total. The number of aryl methyl sites for hydroxylation is 3. The summed E-state index contributed by atoms with van der Waals surface area (Å²) in [4.78, 5) is 13.1. The number of hydrogen-bond donors (Lipinski definition) is 1. The number of fused-ring (bicyclic) bond motifs is 1. The van der Waals surface area contributed by atoms with Gasteiger partial charge in [-0.2, -0.15) is 0 Å². The Morgan fingerprint density at radius 1 is 0.971 bits per heavy atom. The van der Waals surface area contributed by atoms with Crippen molar-refractivity contribution in [3.63, 3.8) is 0 Å². The standard InChI is InChI=1S/C26H28N2O5S/c1-18-9-12-22(13-10-18)34(30,31)28(23-14-19(2)8-11-20(23)3)16-26(29)27-15-21-17-32-24-6-4-5-7-25(24)33-21/h4-14,21H,15-17H2,1-3H3,(H,27,29)/t21-/m0/s1. The number of hydrogen-bond acceptors (Lipinski definition) is 5. The van der Waals surface area contributed by atoms with Crippen LogP contribution in [0, 0.1) is 20.8 Å². The molecule has 178 valence electrons. The number of sulfonamides is 1. The highest BCUT2D eigenvalue weighted by molar-refractivity contribution is 7.92. The van der Waals surface area contributed by atoms with Crippen molar-refractivity contribution in [2.45, 2.75) is 31.8 Å². The second-order valence-electron chi connectivity index (χ2n) is 8.42. The van der Waals surface area contributed by atoms with Gasteiger partial charge in [0.1, 0.15) is 19.3 Å². The van der Waals surface area contributed by atoms with Gasteiger partial charge < -0.3 is 14.8 Å². The first-order chi connectivity index (χ1) is 16.2. The molecule has 3 aromatic carbocycles. The number of nitrogens with zero attached hydrogens (tertiary/aromatic N) is 1. The molecule has 4 rings (SSSR count). The Hall–Kier alpha value is -3.52. The summed E-state index contributed by atoms with van der Waals surface area (Å²) in [6.45, 7) is 5.73. The van der Waals surface area contributed by atoms with E-state index in [0.29, 0.717) is 23.8 Å². The molecule has 34 heavy (non-hydrogen) atoms. The molecule has 1 aliphatic heterocycles. The molecule has 1 atom stereocenters. The second-order valence-corrected chi connectivity index (χ2v) is 10.3. The van der Waals surface area contributed by atoms with Crippen LogP contribution in [0.25, 0.3) is 0 Å². The zero-order valence-corrected chi connectivity index (χ0v) is 20.3. The van der Waals surface area contributed by atoms with Gasteiger partial charge in [-0.1, -0.05) is 42.0 Å². The zero-order valence-electron chi connectivity index (χ0n) is 19.4. The molecule has 8 heteroatoms. The zero-order chi connectivity index (χ0) is 24.3. The molecule has 0 fully saturated rings. The Morgan fingerprint density at radius 3 is 2.38 bits per heavy atom. The number of anilines is 1. The van der Waals surface area contributed by atoms with Crippen molar-refractivity contribution >= 4 is 21.6 Å². The molecule has 0 saturated heterocycles. The predicted molar refractivity (Wildman–Crippen MR) is 131 cm³/mol. The van der Waals surface area contributed by atoms with Crippen molar-refractivity contribution in [2.24, 2.45) is 0 Å². The monoisotopic (exact) mass is 480 g/mol. The van der Waals surface area contributed by atoms with Crippen LogP contribution in [0.5, 0.6) is 11.5 Å². The summed E-state index contributed by atoms with van der Waals surface area (Å²) in [5.41, 5.74) is 3.08. The van der Waals surface area contributed by atoms with E-state index in [-0.39, 0.29) is 24.1 Å². The van der Waals surface area contributed by atoms with Gasteiger partial charge >= 0.3 is 0 Å². The molecule has 1 amide bonds. The van der Waals surface area contributed by atoms with Crippen molar-refractivity contribution in [3.8, 4) is 11.5 Å². The highest BCUT2D eigenvalue weighted by Crippen LogP contribution is 2.31. The molecule has 3 aromatic rings. The SMILES string of the molecule is Cc1ccc(S(=O)(=O)N(CC(=O)NC[C@H]2COc3ccccc3O2)c2cc(C)ccc2C)cc1. The lowest BCUT2D eigenvalue weighted by molar-refractivity contribution is -0.120. The van der Waals surface area contributed by atoms with E-state index in [4.69, 9.17) is 9.47 Å². The van der Waals surface area contributed by atoms with E-state index in [1.807, 2.05) is 51.1 Å². The Morgan fingerprint density at radius 2 is 1.65 bits per heavy atom. The smallest absolute Gasteiger partial charge is 0.264 e. The van der Waals surface area contributed by atoms with Gasteiger partial charge in [0.25, 0.3) is 10.0 Å². The molecule has 1 aliphatic rings. The van der Waals surface area contributed by atoms with Crippen LogP contribution in [0.2, 0.25) is 0 Å². The Balaban J connectivity index is 1.53. The molecule has 0 saturated carbocycles. The van der Waals surface area contributed by atoms with Gasteiger partial charge in [-0.15, -0.1) is 0 Å². The van der Waals surface area contributed by atoms with E-state index in [1.54, 1.807) is 36.4 Å². The third kappa shape index (κ3) is 5.17. The van der Waals surface area contributed by atoms with Crippen molar-refractivity contribution in [1.82, 2.24) is 5.32 Å². The molecule has 0 spiro atoms. The Bertz CT molecular complexity index is 1290. The first kappa shape index (κ1) is 23.6. The maximum atomic E-state index is 13.6. The first-order valence-corrected chi connectivity index (χ1v) is 12.5. The van der Waals surface area contributed by atoms with Gasteiger partial charge in [0.05, 0.1) is 17.1 Å². The fourth-order valence-corrected chi connectivity index (χ4v) is 5.18. The van der Waals surface area contributed by atoms with Gasteiger partial charge in [0, 0.05) is 0 Å². The quantitative estimate of drug-likeness (QED) is 0.557. The van der Waals surface area contributed by atoms with Gasteiger partial charge in [-0.25, -0.2) is 8.42 Å². The predicted octanol–water partition coefficient (Wildman–Crippen LogP) is 3.76. The third-order valence-corrected chi connectivity index (χ3v) is 7.40. The van der Waals surface area contributed by atoms with Gasteiger partial charge in [0.15, 0.2) is 11.5 Å². The number of nitrogens with one attached hydrogen (secondary N) is 1. The molecular weight excluding hydrogens is 452 g/mol. The number of ether oxygens (including phenoxy) is 2.